The Morgan fingerprint density at radius 2 is 2.25 bits per heavy atom. The zero-order chi connectivity index (χ0) is 12.2. The van der Waals surface area contributed by atoms with Crippen LogP contribution in [0.15, 0.2) is 12.3 Å². The molecular formula is C8H11N5O2S. The predicted octanol–water partition coefficient (Wildman–Crippen LogP) is -0.764. The van der Waals surface area contributed by atoms with Gasteiger partial charge in [-0.05, 0) is 6.07 Å². The average Bonchev–Trinajstić information content (AvgIpc) is 2.19. The highest BCUT2D eigenvalue weighted by atomic mass is 32.2. The fraction of sp³-hybridized carbons (Fsp3) is 0.250. The monoisotopic (exact) mass is 241 g/mol. The average molecular weight is 241 g/mol. The number of sulfonamides is 1. The van der Waals surface area contributed by atoms with Crippen molar-refractivity contribution in [3.8, 4) is 6.07 Å². The summed E-state index contributed by atoms with van der Waals surface area (Å²) in [5.74, 6) is 0.0490. The van der Waals surface area contributed by atoms with Crippen molar-refractivity contribution in [3.63, 3.8) is 0 Å². The van der Waals surface area contributed by atoms with Gasteiger partial charge >= 0.3 is 0 Å². The second-order valence-electron chi connectivity index (χ2n) is 3.03. The van der Waals surface area contributed by atoms with Gasteiger partial charge in [-0.1, -0.05) is 0 Å². The lowest BCUT2D eigenvalue weighted by molar-refractivity contribution is 0.598. The summed E-state index contributed by atoms with van der Waals surface area (Å²) in [7, 11) is -3.52. The van der Waals surface area contributed by atoms with Gasteiger partial charge in [-0.2, -0.15) is 5.26 Å². The molecule has 0 radical (unpaired) electrons. The Bertz CT molecular complexity index is 520. The Kier molecular flexibility index (Phi) is 3.65. The standard InChI is InChI=1S/C8H11N5O2S/c9-5-6-1-2-12-8(7(6)10)13-3-4-16(11,14)15/h1-2H,3-4,10H2,(H,12,13)(H2,11,14,15). The van der Waals surface area contributed by atoms with E-state index in [-0.39, 0.29) is 29.4 Å². The zero-order valence-electron chi connectivity index (χ0n) is 8.34. The van der Waals surface area contributed by atoms with Crippen LogP contribution in [-0.4, -0.2) is 25.7 Å². The van der Waals surface area contributed by atoms with E-state index in [1.54, 1.807) is 0 Å². The van der Waals surface area contributed by atoms with E-state index in [1.165, 1.54) is 12.3 Å². The van der Waals surface area contributed by atoms with Crippen molar-refractivity contribution in [1.29, 1.82) is 5.26 Å². The van der Waals surface area contributed by atoms with E-state index < -0.39 is 10.0 Å². The van der Waals surface area contributed by atoms with Gasteiger partial charge in [0, 0.05) is 12.7 Å². The van der Waals surface area contributed by atoms with Gasteiger partial charge < -0.3 is 11.1 Å². The number of nitrogens with zero attached hydrogens (tertiary/aromatic N) is 2. The summed E-state index contributed by atoms with van der Waals surface area (Å²) in [4.78, 5) is 3.88. The van der Waals surface area contributed by atoms with Crippen molar-refractivity contribution < 1.29 is 8.42 Å². The molecule has 5 N–H and O–H groups in total. The molecule has 0 unspecified atom stereocenters. The molecular weight excluding hydrogens is 230 g/mol. The Morgan fingerprint density at radius 3 is 2.81 bits per heavy atom. The summed E-state index contributed by atoms with van der Waals surface area (Å²) >= 11 is 0. The third-order valence-corrected chi connectivity index (χ3v) is 2.56. The number of primary sulfonamides is 1. The number of hydrogen-bond donors (Lipinski definition) is 3. The first-order valence-electron chi connectivity index (χ1n) is 4.33. The number of pyridine rings is 1. The van der Waals surface area contributed by atoms with E-state index >= 15 is 0 Å². The van der Waals surface area contributed by atoms with Gasteiger partial charge in [0.1, 0.15) is 6.07 Å². The number of hydrogen-bond acceptors (Lipinski definition) is 6. The lowest BCUT2D eigenvalue weighted by Gasteiger charge is -2.07. The van der Waals surface area contributed by atoms with Gasteiger partial charge in [-0.25, -0.2) is 18.5 Å². The van der Waals surface area contributed by atoms with E-state index in [4.69, 9.17) is 16.1 Å². The first-order valence-corrected chi connectivity index (χ1v) is 6.04. The van der Waals surface area contributed by atoms with Crippen LogP contribution in [0.25, 0.3) is 0 Å². The molecule has 0 bridgehead atoms. The molecule has 1 rings (SSSR count). The lowest BCUT2D eigenvalue weighted by Crippen LogP contribution is -2.23. The largest absolute Gasteiger partial charge is 0.395 e. The number of aromatic nitrogens is 1. The van der Waals surface area contributed by atoms with Gasteiger partial charge in [0.2, 0.25) is 10.0 Å². The van der Waals surface area contributed by atoms with Crippen molar-refractivity contribution >= 4 is 21.5 Å². The van der Waals surface area contributed by atoms with Gasteiger partial charge in [0.05, 0.1) is 17.0 Å². The van der Waals surface area contributed by atoms with E-state index in [0.29, 0.717) is 0 Å². The molecule has 0 spiro atoms. The number of anilines is 2. The minimum atomic E-state index is -3.52. The van der Waals surface area contributed by atoms with Crippen LogP contribution in [-0.2, 0) is 10.0 Å². The minimum Gasteiger partial charge on any atom is -0.395 e. The van der Waals surface area contributed by atoms with E-state index in [1.807, 2.05) is 6.07 Å². The number of nitriles is 1. The zero-order valence-corrected chi connectivity index (χ0v) is 9.16. The normalized spacial score (nSPS) is 10.8. The Morgan fingerprint density at radius 1 is 1.56 bits per heavy atom. The van der Waals surface area contributed by atoms with Crippen molar-refractivity contribution in [2.24, 2.45) is 5.14 Å². The fourth-order valence-corrected chi connectivity index (χ4v) is 1.41. The SMILES string of the molecule is N#Cc1ccnc(NCCS(N)(=O)=O)c1N. The Labute approximate surface area is 93.1 Å². The van der Waals surface area contributed by atoms with Crippen LogP contribution in [0, 0.1) is 11.3 Å². The number of rotatable bonds is 4. The summed E-state index contributed by atoms with van der Waals surface area (Å²) in [6.45, 7) is 0.0882. The molecule has 1 heterocycles. The number of nitrogens with two attached hydrogens (primary N) is 2. The first-order chi connectivity index (χ1) is 7.44. The van der Waals surface area contributed by atoms with Crippen molar-refractivity contribution in [1.82, 2.24) is 4.98 Å². The van der Waals surface area contributed by atoms with E-state index in [9.17, 15) is 8.42 Å². The van der Waals surface area contributed by atoms with Crippen LogP contribution < -0.4 is 16.2 Å². The molecule has 16 heavy (non-hydrogen) atoms. The lowest BCUT2D eigenvalue weighted by atomic mass is 10.2. The highest BCUT2D eigenvalue weighted by molar-refractivity contribution is 7.89. The first kappa shape index (κ1) is 12.2. The van der Waals surface area contributed by atoms with Crippen molar-refractivity contribution in [2.75, 3.05) is 23.3 Å². The molecule has 0 amide bonds. The Hall–Kier alpha value is -1.85. The van der Waals surface area contributed by atoms with E-state index in [2.05, 4.69) is 10.3 Å². The van der Waals surface area contributed by atoms with Crippen LogP contribution in [0.2, 0.25) is 0 Å². The topological polar surface area (TPSA) is 135 Å². The second kappa shape index (κ2) is 4.78. The molecule has 0 aliphatic rings. The maximum Gasteiger partial charge on any atom is 0.210 e. The third-order valence-electron chi connectivity index (χ3n) is 1.79. The number of nitrogens with one attached hydrogen (secondary N) is 1. The molecule has 0 saturated carbocycles. The molecule has 7 nitrogen and oxygen atoms in total. The Balaban J connectivity index is 2.73. The molecule has 0 aliphatic heterocycles. The van der Waals surface area contributed by atoms with Gasteiger partial charge in [-0.3, -0.25) is 0 Å². The predicted molar refractivity (Wildman–Crippen MR) is 59.8 cm³/mol. The van der Waals surface area contributed by atoms with Crippen LogP contribution >= 0.6 is 0 Å². The van der Waals surface area contributed by atoms with Crippen LogP contribution in [0.1, 0.15) is 5.56 Å². The molecule has 1 aromatic heterocycles. The highest BCUT2D eigenvalue weighted by Gasteiger charge is 2.07. The maximum absolute atomic E-state index is 10.7. The van der Waals surface area contributed by atoms with E-state index in [0.717, 1.165) is 0 Å². The summed E-state index contributed by atoms with van der Waals surface area (Å²) in [5, 5.41) is 16.2. The molecule has 8 heteroatoms. The fourth-order valence-electron chi connectivity index (χ4n) is 1.02. The number of nitrogen functional groups attached to an aromatic ring is 1. The molecule has 0 aromatic carbocycles. The van der Waals surface area contributed by atoms with Gasteiger partial charge in [0.25, 0.3) is 0 Å². The van der Waals surface area contributed by atoms with Crippen molar-refractivity contribution in [2.45, 2.75) is 0 Å². The minimum absolute atomic E-state index is 0.0882. The summed E-state index contributed by atoms with van der Waals surface area (Å²) in [5.41, 5.74) is 6.09. The summed E-state index contributed by atoms with van der Waals surface area (Å²) < 4.78 is 21.3. The highest BCUT2D eigenvalue weighted by Crippen LogP contribution is 2.18. The third kappa shape index (κ3) is 3.38. The second-order valence-corrected chi connectivity index (χ2v) is 4.76. The van der Waals surface area contributed by atoms with Crippen LogP contribution in [0.3, 0.4) is 0 Å². The molecule has 86 valence electrons. The maximum atomic E-state index is 10.7. The molecule has 0 aliphatic carbocycles. The van der Waals surface area contributed by atoms with Gasteiger partial charge in [-0.15, -0.1) is 0 Å². The van der Waals surface area contributed by atoms with Gasteiger partial charge in [0.15, 0.2) is 5.82 Å². The molecule has 0 saturated heterocycles. The van der Waals surface area contributed by atoms with Crippen LogP contribution in [0.4, 0.5) is 11.5 Å². The smallest absolute Gasteiger partial charge is 0.210 e. The molecule has 0 fully saturated rings. The quantitative estimate of drug-likeness (QED) is 0.633. The molecule has 0 atom stereocenters. The van der Waals surface area contributed by atoms with Crippen LogP contribution in [0.5, 0.6) is 0 Å². The summed E-state index contributed by atoms with van der Waals surface area (Å²) in [6, 6.07) is 3.37. The van der Waals surface area contributed by atoms with Crippen molar-refractivity contribution in [3.05, 3.63) is 17.8 Å². The summed E-state index contributed by atoms with van der Waals surface area (Å²) in [6.07, 6.45) is 1.41. The molecule has 1 aromatic rings.